The van der Waals surface area contributed by atoms with Crippen LogP contribution in [0.1, 0.15) is 13.3 Å². The lowest BCUT2D eigenvalue weighted by Crippen LogP contribution is -2.54. The molecule has 1 saturated heterocycles. The molecule has 1 rings (SSSR count). The lowest BCUT2D eigenvalue weighted by atomic mass is 10.2. The maximum absolute atomic E-state index is 11.7. The van der Waals surface area contributed by atoms with E-state index in [1.165, 1.54) is 7.11 Å². The monoisotopic (exact) mass is 229 g/mol. The van der Waals surface area contributed by atoms with Gasteiger partial charge in [-0.25, -0.2) is 4.79 Å². The molecule has 0 aromatic rings. The van der Waals surface area contributed by atoms with Crippen LogP contribution in [0.2, 0.25) is 0 Å². The number of carbonyl (C=O) groups is 2. The largest absolute Gasteiger partial charge is 0.453 e. The first kappa shape index (κ1) is 12.8. The Morgan fingerprint density at radius 1 is 1.25 bits per heavy atom. The van der Waals surface area contributed by atoms with Crippen LogP contribution in [0.5, 0.6) is 0 Å². The Balaban J connectivity index is 2.43. The van der Waals surface area contributed by atoms with Gasteiger partial charge in [-0.05, 0) is 6.42 Å². The molecular weight excluding hydrogens is 210 g/mol. The minimum Gasteiger partial charge on any atom is -0.453 e. The highest BCUT2D eigenvalue weighted by Gasteiger charge is 2.26. The number of ether oxygens (including phenoxy) is 1. The first-order chi connectivity index (χ1) is 7.60. The molecule has 0 bridgehead atoms. The summed E-state index contributed by atoms with van der Waals surface area (Å²) in [4.78, 5) is 26.2. The van der Waals surface area contributed by atoms with Crippen LogP contribution in [-0.4, -0.2) is 61.1 Å². The summed E-state index contributed by atoms with van der Waals surface area (Å²) >= 11 is 0. The van der Waals surface area contributed by atoms with Crippen LogP contribution in [-0.2, 0) is 9.53 Å². The first-order valence-electron chi connectivity index (χ1n) is 5.47. The number of amides is 2. The topological polar surface area (TPSA) is 75.9 Å². The number of carbonyl (C=O) groups excluding carboxylic acids is 2. The molecule has 1 aliphatic rings. The average molecular weight is 229 g/mol. The predicted octanol–water partition coefficient (Wildman–Crippen LogP) is -0.366. The van der Waals surface area contributed by atoms with Crippen molar-refractivity contribution >= 4 is 12.0 Å². The van der Waals surface area contributed by atoms with Gasteiger partial charge < -0.3 is 20.3 Å². The van der Waals surface area contributed by atoms with Crippen molar-refractivity contribution in [1.82, 2.24) is 9.80 Å². The molecule has 2 N–H and O–H groups in total. The maximum Gasteiger partial charge on any atom is 0.409 e. The molecule has 1 aliphatic heterocycles. The molecule has 0 aromatic carbocycles. The summed E-state index contributed by atoms with van der Waals surface area (Å²) < 4.78 is 4.61. The van der Waals surface area contributed by atoms with Crippen LogP contribution in [0, 0.1) is 0 Å². The van der Waals surface area contributed by atoms with Gasteiger partial charge in [0, 0.05) is 26.2 Å². The molecule has 16 heavy (non-hydrogen) atoms. The summed E-state index contributed by atoms with van der Waals surface area (Å²) in [5.41, 5.74) is 5.67. The van der Waals surface area contributed by atoms with Gasteiger partial charge >= 0.3 is 6.09 Å². The Morgan fingerprint density at radius 2 is 1.75 bits per heavy atom. The van der Waals surface area contributed by atoms with E-state index in [9.17, 15) is 9.59 Å². The molecule has 1 heterocycles. The average Bonchev–Trinajstić information content (AvgIpc) is 2.36. The van der Waals surface area contributed by atoms with Crippen molar-refractivity contribution in [2.45, 2.75) is 19.4 Å². The van der Waals surface area contributed by atoms with Gasteiger partial charge in [0.25, 0.3) is 0 Å². The van der Waals surface area contributed by atoms with Crippen LogP contribution < -0.4 is 5.73 Å². The van der Waals surface area contributed by atoms with E-state index in [0.717, 1.165) is 0 Å². The van der Waals surface area contributed by atoms with Crippen molar-refractivity contribution in [3.05, 3.63) is 0 Å². The zero-order chi connectivity index (χ0) is 12.1. The van der Waals surface area contributed by atoms with E-state index in [1.807, 2.05) is 6.92 Å². The number of nitrogens with two attached hydrogens (primary N) is 1. The molecule has 0 radical (unpaired) electrons. The fraction of sp³-hybridized carbons (Fsp3) is 0.800. The smallest absolute Gasteiger partial charge is 0.409 e. The fourth-order valence-corrected chi connectivity index (χ4v) is 1.65. The standard InChI is InChI=1S/C10H19N3O3/c1-3-8(11)9(14)12-4-6-13(7-5-12)10(15)16-2/h8H,3-7,11H2,1-2H3/t8-/m0/s1. The number of nitrogens with zero attached hydrogens (tertiary/aromatic N) is 2. The number of piperazine rings is 1. The lowest BCUT2D eigenvalue weighted by molar-refractivity contribution is -0.134. The highest BCUT2D eigenvalue weighted by Crippen LogP contribution is 2.05. The third-order valence-corrected chi connectivity index (χ3v) is 2.78. The zero-order valence-electron chi connectivity index (χ0n) is 9.81. The van der Waals surface area contributed by atoms with Crippen LogP contribution in [0.4, 0.5) is 4.79 Å². The fourth-order valence-electron chi connectivity index (χ4n) is 1.65. The van der Waals surface area contributed by atoms with Crippen molar-refractivity contribution in [1.29, 1.82) is 0 Å². The second kappa shape index (κ2) is 5.69. The summed E-state index contributed by atoms with van der Waals surface area (Å²) in [6.07, 6.45) is 0.294. The summed E-state index contributed by atoms with van der Waals surface area (Å²) in [7, 11) is 1.35. The predicted molar refractivity (Wildman–Crippen MR) is 58.8 cm³/mol. The Kier molecular flexibility index (Phi) is 4.54. The molecule has 0 aliphatic carbocycles. The van der Waals surface area contributed by atoms with E-state index in [0.29, 0.717) is 32.6 Å². The van der Waals surface area contributed by atoms with Gasteiger partial charge in [0.15, 0.2) is 0 Å². The first-order valence-corrected chi connectivity index (χ1v) is 5.47. The Labute approximate surface area is 95.3 Å². The van der Waals surface area contributed by atoms with E-state index in [4.69, 9.17) is 5.73 Å². The van der Waals surface area contributed by atoms with Crippen molar-refractivity contribution in [3.63, 3.8) is 0 Å². The van der Waals surface area contributed by atoms with E-state index in [2.05, 4.69) is 4.74 Å². The highest BCUT2D eigenvalue weighted by atomic mass is 16.5. The van der Waals surface area contributed by atoms with Crippen molar-refractivity contribution in [2.24, 2.45) is 5.73 Å². The highest BCUT2D eigenvalue weighted by molar-refractivity contribution is 5.81. The third-order valence-electron chi connectivity index (χ3n) is 2.78. The minimum atomic E-state index is -0.426. The molecular formula is C10H19N3O3. The van der Waals surface area contributed by atoms with Gasteiger partial charge in [0.05, 0.1) is 13.2 Å². The summed E-state index contributed by atoms with van der Waals surface area (Å²) in [6, 6.07) is -0.426. The number of rotatable bonds is 2. The molecule has 92 valence electrons. The van der Waals surface area contributed by atoms with Gasteiger partial charge in [-0.1, -0.05) is 6.92 Å². The third kappa shape index (κ3) is 2.85. The molecule has 1 atom stereocenters. The second-order valence-corrected chi connectivity index (χ2v) is 3.80. The van der Waals surface area contributed by atoms with Gasteiger partial charge in [-0.2, -0.15) is 0 Å². The van der Waals surface area contributed by atoms with E-state index < -0.39 is 6.04 Å². The van der Waals surface area contributed by atoms with Gasteiger partial charge in [-0.15, -0.1) is 0 Å². The van der Waals surface area contributed by atoms with Crippen molar-refractivity contribution in [3.8, 4) is 0 Å². The van der Waals surface area contributed by atoms with Crippen LogP contribution in [0.3, 0.4) is 0 Å². The quantitative estimate of drug-likeness (QED) is 0.701. The maximum atomic E-state index is 11.7. The van der Waals surface area contributed by atoms with Gasteiger partial charge in [0.1, 0.15) is 0 Å². The molecule has 0 unspecified atom stereocenters. The van der Waals surface area contributed by atoms with E-state index in [-0.39, 0.29) is 12.0 Å². The van der Waals surface area contributed by atoms with Gasteiger partial charge in [-0.3, -0.25) is 4.79 Å². The van der Waals surface area contributed by atoms with Crippen LogP contribution in [0.15, 0.2) is 0 Å². The molecule has 2 amide bonds. The normalized spacial score (nSPS) is 18.2. The summed E-state index contributed by atoms with van der Waals surface area (Å²) in [5.74, 6) is -0.0352. The number of methoxy groups -OCH3 is 1. The molecule has 6 nitrogen and oxygen atoms in total. The zero-order valence-corrected chi connectivity index (χ0v) is 9.81. The Bertz CT molecular complexity index is 262. The number of hydrogen-bond donors (Lipinski definition) is 1. The minimum absolute atomic E-state index is 0.0352. The SMILES string of the molecule is CC[C@H](N)C(=O)N1CCN(C(=O)OC)CC1. The van der Waals surface area contributed by atoms with E-state index >= 15 is 0 Å². The summed E-state index contributed by atoms with van der Waals surface area (Å²) in [6.45, 7) is 3.96. The van der Waals surface area contributed by atoms with Crippen molar-refractivity contribution < 1.29 is 14.3 Å². The molecule has 6 heteroatoms. The number of hydrogen-bond acceptors (Lipinski definition) is 4. The van der Waals surface area contributed by atoms with Crippen LogP contribution >= 0.6 is 0 Å². The van der Waals surface area contributed by atoms with Crippen LogP contribution in [0.25, 0.3) is 0 Å². The second-order valence-electron chi connectivity index (χ2n) is 3.80. The van der Waals surface area contributed by atoms with E-state index in [1.54, 1.807) is 9.80 Å². The molecule has 0 spiro atoms. The Morgan fingerprint density at radius 3 is 2.19 bits per heavy atom. The van der Waals surface area contributed by atoms with Gasteiger partial charge in [0.2, 0.25) is 5.91 Å². The Hall–Kier alpha value is -1.30. The molecule has 1 fully saturated rings. The molecule has 0 saturated carbocycles. The summed E-state index contributed by atoms with van der Waals surface area (Å²) in [5, 5.41) is 0. The van der Waals surface area contributed by atoms with Crippen molar-refractivity contribution in [2.75, 3.05) is 33.3 Å². The lowest BCUT2D eigenvalue weighted by Gasteiger charge is -2.34. The molecule has 0 aromatic heterocycles.